The molecule has 2 rings (SSSR count). The second-order valence-electron chi connectivity index (χ2n) is 3.93. The standard InChI is InChI=1S/C14H12Cl2N2O2/c1-20-13-6-9(5-12(16)14(13)19)8-17-18-11-4-2-3-10(15)7-11/h2-8,18-19H,1H3. The summed E-state index contributed by atoms with van der Waals surface area (Å²) in [5.74, 6) is 0.204. The molecular weight excluding hydrogens is 299 g/mol. The van der Waals surface area contributed by atoms with E-state index in [-0.39, 0.29) is 10.8 Å². The number of benzene rings is 2. The predicted molar refractivity (Wildman–Crippen MR) is 82.3 cm³/mol. The first-order chi connectivity index (χ1) is 9.60. The molecule has 0 atom stereocenters. The van der Waals surface area contributed by atoms with E-state index in [1.165, 1.54) is 7.11 Å². The van der Waals surface area contributed by atoms with Gasteiger partial charge in [0, 0.05) is 5.02 Å². The maximum Gasteiger partial charge on any atom is 0.176 e. The Balaban J connectivity index is 2.14. The van der Waals surface area contributed by atoms with Crippen LogP contribution in [0.2, 0.25) is 10.0 Å². The number of halogens is 2. The third kappa shape index (κ3) is 3.56. The third-order valence-electron chi connectivity index (χ3n) is 2.50. The molecule has 0 heterocycles. The fourth-order valence-electron chi connectivity index (χ4n) is 1.56. The van der Waals surface area contributed by atoms with E-state index in [1.54, 1.807) is 30.5 Å². The molecule has 0 amide bonds. The van der Waals surface area contributed by atoms with Crippen molar-refractivity contribution in [2.45, 2.75) is 0 Å². The third-order valence-corrected chi connectivity index (χ3v) is 3.03. The molecule has 2 N–H and O–H groups in total. The van der Waals surface area contributed by atoms with Crippen LogP contribution < -0.4 is 10.2 Å². The van der Waals surface area contributed by atoms with E-state index < -0.39 is 0 Å². The summed E-state index contributed by atoms with van der Waals surface area (Å²) in [5, 5.41) is 14.5. The van der Waals surface area contributed by atoms with Crippen LogP contribution >= 0.6 is 23.2 Å². The Hall–Kier alpha value is -1.91. The van der Waals surface area contributed by atoms with Gasteiger partial charge in [0.25, 0.3) is 0 Å². The smallest absolute Gasteiger partial charge is 0.176 e. The highest BCUT2D eigenvalue weighted by atomic mass is 35.5. The molecule has 0 unspecified atom stereocenters. The Morgan fingerprint density at radius 1 is 1.25 bits per heavy atom. The van der Waals surface area contributed by atoms with E-state index in [0.717, 1.165) is 5.69 Å². The van der Waals surface area contributed by atoms with E-state index in [4.69, 9.17) is 27.9 Å². The molecule has 0 aromatic heterocycles. The second kappa shape index (κ2) is 6.50. The Kier molecular flexibility index (Phi) is 4.71. The van der Waals surface area contributed by atoms with Crippen LogP contribution in [-0.2, 0) is 0 Å². The SMILES string of the molecule is COc1cc(C=NNc2cccc(Cl)c2)cc(Cl)c1O. The van der Waals surface area contributed by atoms with Gasteiger partial charge >= 0.3 is 0 Å². The highest BCUT2D eigenvalue weighted by molar-refractivity contribution is 6.32. The van der Waals surface area contributed by atoms with Crippen LogP contribution in [-0.4, -0.2) is 18.4 Å². The normalized spacial score (nSPS) is 10.8. The monoisotopic (exact) mass is 310 g/mol. The molecule has 0 saturated heterocycles. The molecule has 0 spiro atoms. The van der Waals surface area contributed by atoms with Gasteiger partial charge < -0.3 is 9.84 Å². The summed E-state index contributed by atoms with van der Waals surface area (Å²) in [6.07, 6.45) is 1.56. The summed E-state index contributed by atoms with van der Waals surface area (Å²) in [7, 11) is 1.45. The number of hydrazone groups is 1. The average Bonchev–Trinajstić information content (AvgIpc) is 2.42. The minimum absolute atomic E-state index is 0.0888. The summed E-state index contributed by atoms with van der Waals surface area (Å²) < 4.78 is 5.01. The van der Waals surface area contributed by atoms with Gasteiger partial charge in [-0.15, -0.1) is 0 Å². The lowest BCUT2D eigenvalue weighted by molar-refractivity contribution is 0.373. The minimum atomic E-state index is -0.0888. The van der Waals surface area contributed by atoms with Gasteiger partial charge in [-0.05, 0) is 35.9 Å². The number of hydrogen-bond donors (Lipinski definition) is 2. The van der Waals surface area contributed by atoms with Gasteiger partial charge in [0.1, 0.15) is 0 Å². The highest BCUT2D eigenvalue weighted by Crippen LogP contribution is 2.34. The molecule has 20 heavy (non-hydrogen) atoms. The fraction of sp³-hybridized carbons (Fsp3) is 0.0714. The molecule has 4 nitrogen and oxygen atoms in total. The average molecular weight is 311 g/mol. The highest BCUT2D eigenvalue weighted by Gasteiger charge is 2.07. The number of methoxy groups -OCH3 is 1. The molecule has 6 heteroatoms. The van der Waals surface area contributed by atoms with Crippen molar-refractivity contribution in [2.75, 3.05) is 12.5 Å². The van der Waals surface area contributed by atoms with Crippen LogP contribution in [0.25, 0.3) is 0 Å². The van der Waals surface area contributed by atoms with Gasteiger partial charge in [-0.25, -0.2) is 0 Å². The predicted octanol–water partition coefficient (Wildman–Crippen LogP) is 4.15. The Morgan fingerprint density at radius 2 is 2.05 bits per heavy atom. The van der Waals surface area contributed by atoms with Crippen molar-refractivity contribution >= 4 is 35.1 Å². The van der Waals surface area contributed by atoms with Gasteiger partial charge in [0.05, 0.1) is 24.0 Å². The molecular formula is C14H12Cl2N2O2. The Labute approximate surface area is 126 Å². The molecule has 0 aliphatic rings. The zero-order valence-corrected chi connectivity index (χ0v) is 12.1. The number of rotatable bonds is 4. The maximum absolute atomic E-state index is 9.62. The van der Waals surface area contributed by atoms with Crippen LogP contribution in [0.5, 0.6) is 11.5 Å². The van der Waals surface area contributed by atoms with Crippen molar-refractivity contribution in [1.82, 2.24) is 0 Å². The van der Waals surface area contributed by atoms with E-state index in [1.807, 2.05) is 12.1 Å². The van der Waals surface area contributed by atoms with E-state index in [2.05, 4.69) is 10.5 Å². The molecule has 2 aromatic carbocycles. The number of nitrogens with one attached hydrogen (secondary N) is 1. The first-order valence-corrected chi connectivity index (χ1v) is 6.47. The van der Waals surface area contributed by atoms with Gasteiger partial charge in [-0.1, -0.05) is 29.3 Å². The van der Waals surface area contributed by atoms with Crippen LogP contribution in [0.3, 0.4) is 0 Å². The lowest BCUT2D eigenvalue weighted by atomic mass is 10.2. The first-order valence-electron chi connectivity index (χ1n) is 5.71. The summed E-state index contributed by atoms with van der Waals surface area (Å²) in [6.45, 7) is 0. The van der Waals surface area contributed by atoms with Gasteiger partial charge in [-0.3, -0.25) is 5.43 Å². The Morgan fingerprint density at radius 3 is 2.75 bits per heavy atom. The van der Waals surface area contributed by atoms with Crippen molar-refractivity contribution in [3.63, 3.8) is 0 Å². The van der Waals surface area contributed by atoms with Crippen LogP contribution in [0.15, 0.2) is 41.5 Å². The zero-order valence-electron chi connectivity index (χ0n) is 10.6. The van der Waals surface area contributed by atoms with Gasteiger partial charge in [0.2, 0.25) is 0 Å². The molecule has 0 radical (unpaired) electrons. The lowest BCUT2D eigenvalue weighted by Gasteiger charge is -2.06. The molecule has 0 saturated carbocycles. The molecule has 104 valence electrons. The van der Waals surface area contributed by atoms with Crippen LogP contribution in [0, 0.1) is 0 Å². The Bertz CT molecular complexity index is 645. The van der Waals surface area contributed by atoms with E-state index in [0.29, 0.717) is 16.3 Å². The lowest BCUT2D eigenvalue weighted by Crippen LogP contribution is -1.92. The summed E-state index contributed by atoms with van der Waals surface area (Å²) in [5.41, 5.74) is 4.31. The van der Waals surface area contributed by atoms with Crippen molar-refractivity contribution < 1.29 is 9.84 Å². The number of nitrogens with zero attached hydrogens (tertiary/aromatic N) is 1. The van der Waals surface area contributed by atoms with Crippen molar-refractivity contribution in [1.29, 1.82) is 0 Å². The quantitative estimate of drug-likeness (QED) is 0.658. The molecule has 0 aliphatic carbocycles. The number of phenols is 1. The molecule has 0 aliphatic heterocycles. The number of anilines is 1. The van der Waals surface area contributed by atoms with Gasteiger partial charge in [0.15, 0.2) is 11.5 Å². The summed E-state index contributed by atoms with van der Waals surface area (Å²) in [4.78, 5) is 0. The van der Waals surface area contributed by atoms with Crippen molar-refractivity contribution in [3.05, 3.63) is 52.0 Å². The second-order valence-corrected chi connectivity index (χ2v) is 4.78. The van der Waals surface area contributed by atoms with Crippen molar-refractivity contribution in [2.24, 2.45) is 5.10 Å². The van der Waals surface area contributed by atoms with E-state index >= 15 is 0 Å². The topological polar surface area (TPSA) is 53.8 Å². The number of ether oxygens (including phenoxy) is 1. The zero-order chi connectivity index (χ0) is 14.5. The van der Waals surface area contributed by atoms with Crippen molar-refractivity contribution in [3.8, 4) is 11.5 Å². The fourth-order valence-corrected chi connectivity index (χ4v) is 1.97. The molecule has 2 aromatic rings. The summed E-state index contributed by atoms with van der Waals surface area (Å²) in [6, 6.07) is 10.4. The number of phenolic OH excluding ortho intramolecular Hbond substituents is 1. The van der Waals surface area contributed by atoms with Crippen LogP contribution in [0.4, 0.5) is 5.69 Å². The summed E-state index contributed by atoms with van der Waals surface area (Å²) >= 11 is 11.7. The molecule has 0 fully saturated rings. The van der Waals surface area contributed by atoms with Crippen LogP contribution in [0.1, 0.15) is 5.56 Å². The first kappa shape index (κ1) is 14.5. The van der Waals surface area contributed by atoms with Gasteiger partial charge in [-0.2, -0.15) is 5.10 Å². The number of aromatic hydroxyl groups is 1. The number of hydrogen-bond acceptors (Lipinski definition) is 4. The minimum Gasteiger partial charge on any atom is -0.503 e. The maximum atomic E-state index is 9.62. The molecule has 0 bridgehead atoms. The van der Waals surface area contributed by atoms with E-state index in [9.17, 15) is 5.11 Å². The largest absolute Gasteiger partial charge is 0.503 e.